The van der Waals surface area contributed by atoms with Gasteiger partial charge in [-0.05, 0) is 55.0 Å². The molecule has 0 saturated heterocycles. The monoisotopic (exact) mass is 421 g/mol. The van der Waals surface area contributed by atoms with Crippen LogP contribution in [0.3, 0.4) is 0 Å². The fraction of sp³-hybridized carbons (Fsp3) is 0.250. The number of amides is 1. The molecule has 0 aliphatic heterocycles. The molecule has 1 N–H and O–H groups in total. The summed E-state index contributed by atoms with van der Waals surface area (Å²) in [6.45, 7) is 1.90. The Morgan fingerprint density at radius 1 is 1.07 bits per heavy atom. The maximum absolute atomic E-state index is 12.6. The standard InChI is InChI=1S/C24H23NO4S/c1-2-28-24(27)22-20(17-7-4-3-5-8-17)15-30-23(22)25-21(26)14-29-19-12-11-16-9-6-10-18(16)13-19/h3-5,7-8,11-13,15H,2,6,9-10,14H2,1H3,(H,25,26). The summed E-state index contributed by atoms with van der Waals surface area (Å²) >= 11 is 1.30. The topological polar surface area (TPSA) is 64.6 Å². The first-order chi connectivity index (χ1) is 14.7. The molecule has 0 radical (unpaired) electrons. The maximum Gasteiger partial charge on any atom is 0.341 e. The van der Waals surface area contributed by atoms with Crippen molar-refractivity contribution in [2.45, 2.75) is 26.2 Å². The van der Waals surface area contributed by atoms with E-state index < -0.39 is 5.97 Å². The number of thiophene rings is 1. The quantitative estimate of drug-likeness (QED) is 0.539. The predicted octanol–water partition coefficient (Wildman–Crippen LogP) is 5.10. The highest BCUT2D eigenvalue weighted by atomic mass is 32.1. The van der Waals surface area contributed by atoms with E-state index in [9.17, 15) is 9.59 Å². The molecule has 0 bridgehead atoms. The van der Waals surface area contributed by atoms with Crippen molar-refractivity contribution in [1.29, 1.82) is 0 Å². The van der Waals surface area contributed by atoms with Gasteiger partial charge in [-0.2, -0.15) is 0 Å². The molecule has 0 saturated carbocycles. The lowest BCUT2D eigenvalue weighted by molar-refractivity contribution is -0.118. The summed E-state index contributed by atoms with van der Waals surface area (Å²) in [7, 11) is 0. The smallest absolute Gasteiger partial charge is 0.341 e. The Morgan fingerprint density at radius 2 is 1.87 bits per heavy atom. The van der Waals surface area contributed by atoms with Gasteiger partial charge in [0.05, 0.1) is 6.61 Å². The van der Waals surface area contributed by atoms with E-state index in [2.05, 4.69) is 11.4 Å². The van der Waals surface area contributed by atoms with E-state index in [1.54, 1.807) is 6.92 Å². The van der Waals surface area contributed by atoms with Gasteiger partial charge < -0.3 is 14.8 Å². The third kappa shape index (κ3) is 4.39. The van der Waals surface area contributed by atoms with Crippen molar-refractivity contribution in [2.75, 3.05) is 18.5 Å². The Labute approximate surface area is 179 Å². The van der Waals surface area contributed by atoms with E-state index in [4.69, 9.17) is 9.47 Å². The van der Waals surface area contributed by atoms with Gasteiger partial charge in [-0.1, -0.05) is 36.4 Å². The molecule has 1 aromatic heterocycles. The molecule has 0 unspecified atom stereocenters. The van der Waals surface area contributed by atoms with E-state index in [-0.39, 0.29) is 19.1 Å². The fourth-order valence-electron chi connectivity index (χ4n) is 3.64. The van der Waals surface area contributed by atoms with Crippen LogP contribution in [0.25, 0.3) is 11.1 Å². The van der Waals surface area contributed by atoms with Gasteiger partial charge in [0.25, 0.3) is 5.91 Å². The first kappa shape index (κ1) is 20.2. The minimum absolute atomic E-state index is 0.125. The van der Waals surface area contributed by atoms with Crippen molar-refractivity contribution < 1.29 is 19.1 Å². The number of nitrogens with one attached hydrogen (secondary N) is 1. The number of aryl methyl sites for hydroxylation is 2. The average Bonchev–Trinajstić information content (AvgIpc) is 3.39. The van der Waals surface area contributed by atoms with Gasteiger partial charge in [-0.3, -0.25) is 4.79 Å². The number of rotatable bonds is 7. The van der Waals surface area contributed by atoms with Crippen molar-refractivity contribution in [2.24, 2.45) is 0 Å². The third-order valence-electron chi connectivity index (χ3n) is 5.05. The first-order valence-corrected chi connectivity index (χ1v) is 10.9. The Hall–Kier alpha value is -3.12. The molecule has 4 rings (SSSR count). The van der Waals surface area contributed by atoms with Crippen LogP contribution in [0.2, 0.25) is 0 Å². The molecule has 30 heavy (non-hydrogen) atoms. The lowest BCUT2D eigenvalue weighted by Gasteiger charge is -2.10. The Balaban J connectivity index is 1.48. The first-order valence-electron chi connectivity index (χ1n) is 10.0. The third-order valence-corrected chi connectivity index (χ3v) is 5.94. The second kappa shape index (κ2) is 9.13. The van der Waals surface area contributed by atoms with Crippen LogP contribution in [-0.4, -0.2) is 25.1 Å². The number of ether oxygens (including phenoxy) is 2. The number of hydrogen-bond acceptors (Lipinski definition) is 5. The molecule has 1 amide bonds. The highest BCUT2D eigenvalue weighted by Gasteiger charge is 2.23. The molecule has 0 spiro atoms. The van der Waals surface area contributed by atoms with E-state index in [0.717, 1.165) is 30.4 Å². The van der Waals surface area contributed by atoms with E-state index >= 15 is 0 Å². The number of anilines is 1. The molecular formula is C24H23NO4S. The summed E-state index contributed by atoms with van der Waals surface area (Å²) in [6.07, 6.45) is 3.33. The minimum Gasteiger partial charge on any atom is -0.484 e. The number of carbonyl (C=O) groups excluding carboxylic acids is 2. The summed E-state index contributed by atoms with van der Waals surface area (Å²) in [5.74, 6) is -0.0810. The molecule has 0 fully saturated rings. The van der Waals surface area contributed by atoms with Gasteiger partial charge in [0.2, 0.25) is 0 Å². The van der Waals surface area contributed by atoms with Crippen LogP contribution in [0.5, 0.6) is 5.75 Å². The molecule has 5 nitrogen and oxygen atoms in total. The highest BCUT2D eigenvalue weighted by molar-refractivity contribution is 7.15. The van der Waals surface area contributed by atoms with E-state index in [0.29, 0.717) is 16.3 Å². The van der Waals surface area contributed by atoms with Crippen molar-refractivity contribution in [3.63, 3.8) is 0 Å². The van der Waals surface area contributed by atoms with Crippen LogP contribution in [0.4, 0.5) is 5.00 Å². The van der Waals surface area contributed by atoms with Gasteiger partial charge in [-0.25, -0.2) is 4.79 Å². The molecule has 6 heteroatoms. The van der Waals surface area contributed by atoms with Crippen molar-refractivity contribution in [3.05, 3.63) is 70.6 Å². The molecular weight excluding hydrogens is 398 g/mol. The predicted molar refractivity (Wildman–Crippen MR) is 118 cm³/mol. The summed E-state index contributed by atoms with van der Waals surface area (Å²) in [5, 5.41) is 5.14. The highest BCUT2D eigenvalue weighted by Crippen LogP contribution is 2.36. The summed E-state index contributed by atoms with van der Waals surface area (Å²) in [6, 6.07) is 15.6. The van der Waals surface area contributed by atoms with E-state index in [1.807, 2.05) is 47.8 Å². The van der Waals surface area contributed by atoms with Crippen molar-refractivity contribution in [3.8, 4) is 16.9 Å². The Bertz CT molecular complexity index is 1060. The second-order valence-corrected chi connectivity index (χ2v) is 7.94. The van der Waals surface area contributed by atoms with Crippen molar-refractivity contribution >= 4 is 28.2 Å². The molecule has 0 atom stereocenters. The van der Waals surface area contributed by atoms with Crippen molar-refractivity contribution in [1.82, 2.24) is 0 Å². The zero-order chi connectivity index (χ0) is 20.9. The van der Waals surface area contributed by atoms with Crippen LogP contribution in [0.1, 0.15) is 34.8 Å². The van der Waals surface area contributed by atoms with Crippen LogP contribution in [-0.2, 0) is 22.4 Å². The number of hydrogen-bond donors (Lipinski definition) is 1. The number of esters is 1. The van der Waals surface area contributed by atoms with Gasteiger partial charge in [-0.15, -0.1) is 11.3 Å². The average molecular weight is 422 g/mol. The zero-order valence-corrected chi connectivity index (χ0v) is 17.6. The molecule has 1 heterocycles. The number of carbonyl (C=O) groups is 2. The molecule has 1 aliphatic carbocycles. The normalized spacial score (nSPS) is 12.3. The summed E-state index contributed by atoms with van der Waals surface area (Å²) < 4.78 is 10.9. The van der Waals surface area contributed by atoms with Gasteiger partial charge >= 0.3 is 5.97 Å². The second-order valence-electron chi connectivity index (χ2n) is 7.06. The van der Waals surface area contributed by atoms with Gasteiger partial charge in [0, 0.05) is 10.9 Å². The van der Waals surface area contributed by atoms with Crippen LogP contribution in [0.15, 0.2) is 53.9 Å². The number of fused-ring (bicyclic) bond motifs is 1. The molecule has 154 valence electrons. The Kier molecular flexibility index (Phi) is 6.14. The Morgan fingerprint density at radius 3 is 2.67 bits per heavy atom. The lowest BCUT2D eigenvalue weighted by Crippen LogP contribution is -2.21. The van der Waals surface area contributed by atoms with Crippen LogP contribution in [0, 0.1) is 0 Å². The zero-order valence-electron chi connectivity index (χ0n) is 16.8. The fourth-order valence-corrected chi connectivity index (χ4v) is 4.61. The van der Waals surface area contributed by atoms with E-state index in [1.165, 1.54) is 22.5 Å². The summed E-state index contributed by atoms with van der Waals surface area (Å²) in [4.78, 5) is 25.1. The van der Waals surface area contributed by atoms with Crippen LogP contribution >= 0.6 is 11.3 Å². The molecule has 2 aromatic carbocycles. The summed E-state index contributed by atoms with van der Waals surface area (Å²) in [5.41, 5.74) is 4.67. The SMILES string of the molecule is CCOC(=O)c1c(-c2ccccc2)csc1NC(=O)COc1ccc2c(c1)CCC2. The van der Waals surface area contributed by atoms with Crippen LogP contribution < -0.4 is 10.1 Å². The largest absolute Gasteiger partial charge is 0.484 e. The molecule has 1 aliphatic rings. The van der Waals surface area contributed by atoms with Gasteiger partial charge in [0.15, 0.2) is 6.61 Å². The number of benzene rings is 2. The molecule has 3 aromatic rings. The minimum atomic E-state index is -0.451. The lowest BCUT2D eigenvalue weighted by atomic mass is 10.0. The van der Waals surface area contributed by atoms with Gasteiger partial charge in [0.1, 0.15) is 16.3 Å². The maximum atomic E-state index is 12.6.